The maximum Gasteiger partial charge on any atom is 0.343 e. The first-order valence-corrected chi connectivity index (χ1v) is 24.7. The summed E-state index contributed by atoms with van der Waals surface area (Å²) in [5, 5.41) is 48.3. The van der Waals surface area contributed by atoms with Crippen LogP contribution in [0, 0.1) is 23.3 Å². The molecule has 4 heterocycles. The van der Waals surface area contributed by atoms with E-state index < -0.39 is 23.6 Å². The topological polar surface area (TPSA) is 301 Å². The molecule has 0 aliphatic heterocycles. The van der Waals surface area contributed by atoms with Gasteiger partial charge in [-0.15, -0.1) is 0 Å². The molecule has 0 aliphatic rings. The first-order chi connectivity index (χ1) is 37.1. The Morgan fingerprint density at radius 3 is 1.52 bits per heavy atom. The van der Waals surface area contributed by atoms with Crippen molar-refractivity contribution in [3.63, 3.8) is 0 Å². The summed E-state index contributed by atoms with van der Waals surface area (Å²) in [5.41, 5.74) is 7.94. The van der Waals surface area contributed by atoms with Gasteiger partial charge in [0.25, 0.3) is 0 Å². The molecule has 2 unspecified atom stereocenters. The number of phenols is 4. The van der Waals surface area contributed by atoms with E-state index in [4.69, 9.17) is 48.6 Å². The first kappa shape index (κ1) is 69.6. The second-order valence-corrected chi connectivity index (χ2v) is 16.6. The molecular formula is C55H65Cl2F4N9O10. The van der Waals surface area contributed by atoms with E-state index in [1.165, 1.54) is 88.2 Å². The fourth-order valence-corrected chi connectivity index (χ4v) is 6.43. The number of carbonyl (C=O) groups is 4. The van der Waals surface area contributed by atoms with Gasteiger partial charge < -0.3 is 47.1 Å². The largest absolute Gasteiger partial charge is 0.508 e. The molecule has 25 heteroatoms. The average Bonchev–Trinajstić information content (AvgIpc) is 4.06. The van der Waals surface area contributed by atoms with Crippen molar-refractivity contribution in [2.45, 2.75) is 86.7 Å². The quantitative estimate of drug-likeness (QED) is 0.0185. The summed E-state index contributed by atoms with van der Waals surface area (Å²) in [6.45, 7) is 11.2. The van der Waals surface area contributed by atoms with Gasteiger partial charge >= 0.3 is 11.9 Å². The van der Waals surface area contributed by atoms with Crippen LogP contribution in [0.3, 0.4) is 0 Å². The second-order valence-electron chi connectivity index (χ2n) is 15.8. The first-order valence-electron chi connectivity index (χ1n) is 23.9. The van der Waals surface area contributed by atoms with Crippen LogP contribution >= 0.6 is 23.2 Å². The van der Waals surface area contributed by atoms with E-state index in [1.54, 1.807) is 52.2 Å². The minimum Gasteiger partial charge on any atom is -0.508 e. The summed E-state index contributed by atoms with van der Waals surface area (Å²) < 4.78 is 63.6. The molecule has 8 aromatic rings. The number of esters is 2. The summed E-state index contributed by atoms with van der Waals surface area (Å²) in [6, 6.07) is 18.6. The van der Waals surface area contributed by atoms with Gasteiger partial charge in [-0.3, -0.25) is 9.59 Å². The van der Waals surface area contributed by atoms with E-state index >= 15 is 0 Å². The monoisotopic (exact) mass is 1160 g/mol. The highest BCUT2D eigenvalue weighted by molar-refractivity contribution is 6.63. The highest BCUT2D eigenvalue weighted by Gasteiger charge is 2.19. The predicted octanol–water partition coefficient (Wildman–Crippen LogP) is 12.4. The number of hydrogen-bond donors (Lipinski definition) is 7. The molecule has 4 aromatic heterocycles. The lowest BCUT2D eigenvalue weighted by Crippen LogP contribution is -2.12. The second kappa shape index (κ2) is 35.2. The average molecular weight is 1160 g/mol. The van der Waals surface area contributed by atoms with E-state index in [0.29, 0.717) is 64.8 Å². The number of aromatic hydroxyl groups is 4. The molecule has 0 saturated heterocycles. The summed E-state index contributed by atoms with van der Waals surface area (Å²) >= 11 is 10.5. The van der Waals surface area contributed by atoms with E-state index in [1.807, 2.05) is 13.8 Å². The fraction of sp³-hybridized carbons (Fsp3) is 0.273. The molecule has 4 aromatic carbocycles. The summed E-state index contributed by atoms with van der Waals surface area (Å²) in [7, 11) is 0. The molecule has 0 bridgehead atoms. The molecule has 8 rings (SSSR count). The Balaban J connectivity index is 0.000000513. The number of anilines is 1. The molecule has 0 fully saturated rings. The number of halogens is 6. The lowest BCUT2D eigenvalue weighted by atomic mass is 10.0. The molecule has 432 valence electrons. The lowest BCUT2D eigenvalue weighted by Gasteiger charge is -2.19. The van der Waals surface area contributed by atoms with E-state index in [-0.39, 0.29) is 95.5 Å². The van der Waals surface area contributed by atoms with Crippen molar-refractivity contribution >= 4 is 63.3 Å². The van der Waals surface area contributed by atoms with Gasteiger partial charge in [0.2, 0.25) is 5.24 Å². The minimum absolute atomic E-state index is 0. The fourth-order valence-electron chi connectivity index (χ4n) is 6.29. The van der Waals surface area contributed by atoms with Crippen LogP contribution in [0.2, 0.25) is 5.15 Å². The van der Waals surface area contributed by atoms with Gasteiger partial charge in [-0.1, -0.05) is 46.7 Å². The highest BCUT2D eigenvalue weighted by Crippen LogP contribution is 2.30. The number of phenolic OH excluding ortho intramolecular Hbond substituents is 4. The van der Waals surface area contributed by atoms with Crippen molar-refractivity contribution in [2.24, 2.45) is 5.73 Å². The molecule has 0 amide bonds. The molecule has 0 radical (unpaired) electrons. The molecule has 0 aliphatic carbocycles. The van der Waals surface area contributed by atoms with Gasteiger partial charge in [0.1, 0.15) is 68.4 Å². The number of fused-ring (bicyclic) bond motifs is 2. The number of Topliss-reactive ketones (excluding diaryl/α,β-unsaturated/α-hetero) is 1. The maximum atomic E-state index is 13.5. The number of benzene rings is 4. The number of hydrogen-bond acceptors (Lipinski definition) is 17. The molecule has 19 nitrogen and oxygen atoms in total. The highest BCUT2D eigenvalue weighted by atomic mass is 35.5. The normalized spacial score (nSPS) is 10.7. The number of nitrogens with zero attached hydrogens (tertiary/aromatic N) is 6. The summed E-state index contributed by atoms with van der Waals surface area (Å²) in [5.74, 6) is -2.37. The van der Waals surface area contributed by atoms with Gasteiger partial charge in [-0.05, 0) is 129 Å². The van der Waals surface area contributed by atoms with Crippen molar-refractivity contribution in [3.05, 3.63) is 172 Å². The van der Waals surface area contributed by atoms with Crippen molar-refractivity contribution in [3.8, 4) is 23.0 Å². The van der Waals surface area contributed by atoms with Crippen LogP contribution in [0.4, 0.5) is 23.4 Å². The molecule has 2 atom stereocenters. The SMILES string of the molecule is C.CCC(=O)Cl.CCC(=O)c1cc(F)ccc1O.CCC(N)c1cc(F)ccc1O.CCOC(=O)c1cnn2ccc(Cl)nc12.CCOC(=O)c1cnn2ccc(NC(CC)c3cc(F)ccc3O)nc12.N.Oc1ccc(F)cc1. The van der Waals surface area contributed by atoms with Crippen LogP contribution in [-0.2, 0) is 14.3 Å². The molecule has 80 heavy (non-hydrogen) atoms. The number of ketones is 1. The van der Waals surface area contributed by atoms with Gasteiger partial charge in [0.05, 0.1) is 37.2 Å². The van der Waals surface area contributed by atoms with Crippen LogP contribution in [0.1, 0.15) is 129 Å². The predicted molar refractivity (Wildman–Crippen MR) is 297 cm³/mol. The smallest absolute Gasteiger partial charge is 0.343 e. The van der Waals surface area contributed by atoms with Crippen molar-refractivity contribution in [2.75, 3.05) is 18.5 Å². The zero-order valence-electron chi connectivity index (χ0n) is 43.8. The minimum atomic E-state index is -0.510. The Kier molecular flexibility index (Phi) is 30.6. The van der Waals surface area contributed by atoms with Crippen molar-refractivity contribution in [1.82, 2.24) is 35.3 Å². The standard InChI is InChI=1S/C18H19FN4O3.C9H8ClN3O2.C9H12FNO.C9H9FO2.C6H5FO.C3H5ClO.CH4.H3N/c1-3-14(12-9-11(19)5-6-15(12)24)21-16-7-8-23-17(22-16)13(10-20-23)18(25)26-4-2;1-2-15-9(14)6-5-11-13-4-3-7(10)12-8(6)13;2*1-2-8(11)7-5-6(10)3-4-9(7)12;7-5-1-3-6(8)4-2-5;1-2-3(4)5;;/h5-10,14,24H,3-4H2,1-2H3,(H,21,22);3-5H,2H2,1H3;3-5,8,12H,2,11H2,1H3;3-5,12H,2H2,1H3;1-4,8H;2H2,1H3;1H4;1H3. The zero-order valence-corrected chi connectivity index (χ0v) is 45.4. The van der Waals surface area contributed by atoms with Gasteiger partial charge in [-0.2, -0.15) is 10.2 Å². The van der Waals surface area contributed by atoms with E-state index in [2.05, 4.69) is 25.5 Å². The third-order valence-corrected chi connectivity index (χ3v) is 10.8. The number of nitrogens with two attached hydrogens (primary N) is 1. The van der Waals surface area contributed by atoms with Gasteiger partial charge in [0, 0.05) is 42.4 Å². The van der Waals surface area contributed by atoms with Crippen molar-refractivity contribution < 1.29 is 66.6 Å². The molecule has 0 spiro atoms. The number of aromatic nitrogens is 6. The molecule has 10 N–H and O–H groups in total. The zero-order chi connectivity index (χ0) is 58.1. The number of carbonyl (C=O) groups excluding carboxylic acids is 4. The van der Waals surface area contributed by atoms with E-state index in [9.17, 15) is 47.0 Å². The molecule has 0 saturated carbocycles. The van der Waals surface area contributed by atoms with Crippen LogP contribution in [-0.4, -0.2) is 85.8 Å². The van der Waals surface area contributed by atoms with E-state index in [0.717, 1.165) is 12.1 Å². The number of nitrogens with one attached hydrogen (secondary N) is 1. The van der Waals surface area contributed by atoms with Crippen LogP contribution in [0.15, 0.2) is 116 Å². The Morgan fingerprint density at radius 2 is 1.06 bits per heavy atom. The maximum absolute atomic E-state index is 13.5. The Bertz CT molecular complexity index is 3220. The third-order valence-electron chi connectivity index (χ3n) is 10.3. The van der Waals surface area contributed by atoms with Crippen LogP contribution < -0.4 is 17.2 Å². The number of rotatable bonds is 13. The van der Waals surface area contributed by atoms with Gasteiger partial charge in [-0.25, -0.2) is 46.1 Å². The van der Waals surface area contributed by atoms with Crippen LogP contribution in [0.25, 0.3) is 11.3 Å². The summed E-state index contributed by atoms with van der Waals surface area (Å²) in [6.07, 6.45) is 8.07. The lowest BCUT2D eigenvalue weighted by molar-refractivity contribution is -0.111. The van der Waals surface area contributed by atoms with Crippen molar-refractivity contribution in [1.29, 1.82) is 0 Å². The Morgan fingerprint density at radius 1 is 0.613 bits per heavy atom. The molecular weight excluding hydrogens is 1090 g/mol. The third kappa shape index (κ3) is 21.8. The Labute approximate surface area is 469 Å². The van der Waals surface area contributed by atoms with Crippen LogP contribution in [0.5, 0.6) is 23.0 Å². The number of ether oxygens (including phenoxy) is 2. The Hall–Kier alpha value is -8.38. The van der Waals surface area contributed by atoms with Gasteiger partial charge in [0.15, 0.2) is 17.1 Å². The summed E-state index contributed by atoms with van der Waals surface area (Å²) in [4.78, 5) is 52.5.